The maximum atomic E-state index is 5.42. The highest BCUT2D eigenvalue weighted by Gasteiger charge is 2.04. The Morgan fingerprint density at radius 2 is 2.08 bits per heavy atom. The van der Waals surface area contributed by atoms with Gasteiger partial charge >= 0.3 is 0 Å². The SMILES string of the molecule is CCOCNP(NC)OCCOC. The minimum absolute atomic E-state index is 0.510. The van der Waals surface area contributed by atoms with Crippen molar-refractivity contribution in [2.24, 2.45) is 0 Å². The van der Waals surface area contributed by atoms with Gasteiger partial charge in [-0.1, -0.05) is 0 Å². The molecule has 0 aromatic heterocycles. The zero-order chi connectivity index (χ0) is 9.94. The van der Waals surface area contributed by atoms with E-state index in [-0.39, 0.29) is 0 Å². The van der Waals surface area contributed by atoms with E-state index < -0.39 is 8.45 Å². The lowest BCUT2D eigenvalue weighted by Gasteiger charge is -2.16. The Balaban J connectivity index is 3.28. The second kappa shape index (κ2) is 10.3. The van der Waals surface area contributed by atoms with E-state index >= 15 is 0 Å². The Morgan fingerprint density at radius 3 is 2.62 bits per heavy atom. The summed E-state index contributed by atoms with van der Waals surface area (Å²) in [5, 5.41) is 6.10. The molecule has 80 valence electrons. The Labute approximate surface area is 81.1 Å². The van der Waals surface area contributed by atoms with Crippen LogP contribution in [0.4, 0.5) is 0 Å². The number of rotatable bonds is 9. The van der Waals surface area contributed by atoms with E-state index in [2.05, 4.69) is 10.2 Å². The lowest BCUT2D eigenvalue weighted by Crippen LogP contribution is -2.21. The van der Waals surface area contributed by atoms with E-state index in [0.29, 0.717) is 26.6 Å². The van der Waals surface area contributed by atoms with E-state index in [1.54, 1.807) is 7.11 Å². The molecule has 0 rings (SSSR count). The molecule has 1 atom stereocenters. The van der Waals surface area contributed by atoms with Crippen molar-refractivity contribution in [2.45, 2.75) is 6.92 Å². The van der Waals surface area contributed by atoms with Gasteiger partial charge in [-0.3, -0.25) is 5.09 Å². The van der Waals surface area contributed by atoms with Gasteiger partial charge in [0.25, 0.3) is 0 Å². The summed E-state index contributed by atoms with van der Waals surface area (Å²) in [5.41, 5.74) is 0. The first-order valence-corrected chi connectivity index (χ1v) is 5.51. The predicted molar refractivity (Wildman–Crippen MR) is 53.4 cm³/mol. The summed E-state index contributed by atoms with van der Waals surface area (Å²) in [5.74, 6) is 0. The van der Waals surface area contributed by atoms with Gasteiger partial charge in [-0.15, -0.1) is 0 Å². The van der Waals surface area contributed by atoms with Crippen molar-refractivity contribution in [2.75, 3.05) is 40.7 Å². The topological polar surface area (TPSA) is 51.8 Å². The van der Waals surface area contributed by atoms with Crippen LogP contribution in [-0.2, 0) is 14.0 Å². The number of hydrogen-bond acceptors (Lipinski definition) is 5. The maximum Gasteiger partial charge on any atom is 0.183 e. The van der Waals surface area contributed by atoms with Crippen molar-refractivity contribution in [3.63, 3.8) is 0 Å². The van der Waals surface area contributed by atoms with Crippen LogP contribution in [0.5, 0.6) is 0 Å². The summed E-state index contributed by atoms with van der Waals surface area (Å²) in [6.45, 7) is 4.36. The highest BCUT2D eigenvalue weighted by molar-refractivity contribution is 7.48. The molecule has 0 aromatic carbocycles. The molecule has 6 heteroatoms. The third-order valence-corrected chi connectivity index (χ3v) is 2.49. The summed E-state index contributed by atoms with van der Waals surface area (Å²) in [6, 6.07) is 0. The third-order valence-electron chi connectivity index (χ3n) is 1.23. The second-order valence-corrected chi connectivity index (χ2v) is 3.75. The van der Waals surface area contributed by atoms with Crippen LogP contribution in [0.3, 0.4) is 0 Å². The van der Waals surface area contributed by atoms with E-state index in [4.69, 9.17) is 14.0 Å². The minimum Gasteiger partial charge on any atom is -0.382 e. The van der Waals surface area contributed by atoms with Crippen molar-refractivity contribution in [1.82, 2.24) is 10.2 Å². The van der Waals surface area contributed by atoms with E-state index in [0.717, 1.165) is 0 Å². The van der Waals surface area contributed by atoms with Crippen molar-refractivity contribution < 1.29 is 14.0 Å². The van der Waals surface area contributed by atoms with Crippen LogP contribution in [0.1, 0.15) is 6.92 Å². The first-order chi connectivity index (χ1) is 6.35. The fourth-order valence-electron chi connectivity index (χ4n) is 0.607. The van der Waals surface area contributed by atoms with Crippen LogP contribution >= 0.6 is 8.45 Å². The van der Waals surface area contributed by atoms with Gasteiger partial charge < -0.3 is 14.0 Å². The Hall–Kier alpha value is 0.230. The Bertz CT molecular complexity index is 97.7. The van der Waals surface area contributed by atoms with Crippen molar-refractivity contribution in [3.05, 3.63) is 0 Å². The van der Waals surface area contributed by atoms with Gasteiger partial charge in [0.05, 0.1) is 13.2 Å². The van der Waals surface area contributed by atoms with Crippen LogP contribution in [0.25, 0.3) is 0 Å². The molecule has 0 saturated carbocycles. The van der Waals surface area contributed by atoms with Gasteiger partial charge in [0.1, 0.15) is 6.73 Å². The average Bonchev–Trinajstić information content (AvgIpc) is 2.16. The van der Waals surface area contributed by atoms with Crippen molar-refractivity contribution >= 4 is 8.45 Å². The van der Waals surface area contributed by atoms with Crippen LogP contribution in [0.2, 0.25) is 0 Å². The molecule has 13 heavy (non-hydrogen) atoms. The summed E-state index contributed by atoms with van der Waals surface area (Å²) in [6.07, 6.45) is 0. The number of methoxy groups -OCH3 is 1. The molecule has 0 aliphatic carbocycles. The van der Waals surface area contributed by atoms with Gasteiger partial charge in [0, 0.05) is 13.7 Å². The van der Waals surface area contributed by atoms with Gasteiger partial charge in [0.2, 0.25) is 0 Å². The monoisotopic (exact) mass is 210 g/mol. The van der Waals surface area contributed by atoms with Crippen LogP contribution in [0, 0.1) is 0 Å². The van der Waals surface area contributed by atoms with Crippen molar-refractivity contribution in [1.29, 1.82) is 0 Å². The predicted octanol–water partition coefficient (Wildman–Crippen LogP) is 0.679. The fraction of sp³-hybridized carbons (Fsp3) is 1.00. The van der Waals surface area contributed by atoms with Gasteiger partial charge in [-0.2, -0.15) is 0 Å². The number of ether oxygens (including phenoxy) is 2. The molecule has 0 bridgehead atoms. The molecule has 0 heterocycles. The standard InChI is InChI=1S/C7H19N2O3P/c1-4-11-7-9-13(8-2)12-6-5-10-3/h8-9H,4-7H2,1-3H3. The molecule has 0 aliphatic rings. The molecule has 0 amide bonds. The van der Waals surface area contributed by atoms with Gasteiger partial charge in [-0.05, 0) is 14.0 Å². The molecule has 0 aromatic rings. The lowest BCUT2D eigenvalue weighted by molar-refractivity contribution is 0.133. The highest BCUT2D eigenvalue weighted by atomic mass is 31.2. The molecule has 0 radical (unpaired) electrons. The first-order valence-electron chi connectivity index (χ1n) is 4.25. The molecule has 0 spiro atoms. The zero-order valence-corrected chi connectivity index (χ0v) is 9.39. The summed E-state index contributed by atoms with van der Waals surface area (Å²) in [4.78, 5) is 0. The summed E-state index contributed by atoms with van der Waals surface area (Å²) in [7, 11) is 2.71. The minimum atomic E-state index is -0.787. The highest BCUT2D eigenvalue weighted by Crippen LogP contribution is 2.24. The number of nitrogens with one attached hydrogen (secondary N) is 2. The van der Waals surface area contributed by atoms with Crippen LogP contribution in [0.15, 0.2) is 0 Å². The largest absolute Gasteiger partial charge is 0.382 e. The van der Waals surface area contributed by atoms with E-state index in [9.17, 15) is 0 Å². The second-order valence-electron chi connectivity index (χ2n) is 2.14. The summed E-state index contributed by atoms with van der Waals surface area (Å²) < 4.78 is 15.4. The van der Waals surface area contributed by atoms with E-state index in [1.165, 1.54) is 0 Å². The Kier molecular flexibility index (Phi) is 10.5. The smallest absolute Gasteiger partial charge is 0.183 e. The quantitative estimate of drug-likeness (QED) is 0.333. The normalized spacial score (nSPS) is 13.2. The van der Waals surface area contributed by atoms with E-state index in [1.807, 2.05) is 14.0 Å². The fourth-order valence-corrected chi connectivity index (χ4v) is 1.45. The Morgan fingerprint density at radius 1 is 1.31 bits per heavy atom. The molecule has 2 N–H and O–H groups in total. The lowest BCUT2D eigenvalue weighted by atomic mass is 10.8. The molecule has 0 fully saturated rings. The zero-order valence-electron chi connectivity index (χ0n) is 8.50. The molecule has 0 aliphatic heterocycles. The van der Waals surface area contributed by atoms with Crippen LogP contribution in [-0.4, -0.2) is 40.7 Å². The van der Waals surface area contributed by atoms with Gasteiger partial charge in [0.15, 0.2) is 8.45 Å². The number of hydrogen-bond donors (Lipinski definition) is 2. The first kappa shape index (κ1) is 13.2. The average molecular weight is 210 g/mol. The molecule has 1 unspecified atom stereocenters. The molecule has 0 saturated heterocycles. The summed E-state index contributed by atoms with van der Waals surface area (Å²) >= 11 is 0. The third kappa shape index (κ3) is 8.56. The molecule has 5 nitrogen and oxygen atoms in total. The molecular formula is C7H19N2O3P. The maximum absolute atomic E-state index is 5.42. The molecular weight excluding hydrogens is 191 g/mol. The van der Waals surface area contributed by atoms with Crippen LogP contribution < -0.4 is 10.2 Å². The van der Waals surface area contributed by atoms with Crippen molar-refractivity contribution in [3.8, 4) is 0 Å². The van der Waals surface area contributed by atoms with Gasteiger partial charge in [-0.25, -0.2) is 5.09 Å².